The second kappa shape index (κ2) is 10.2. The molecule has 34 heavy (non-hydrogen) atoms. The third-order valence-electron chi connectivity index (χ3n) is 6.18. The Labute approximate surface area is 199 Å². The molecule has 1 atom stereocenters. The monoisotopic (exact) mass is 461 g/mol. The van der Waals surface area contributed by atoms with Gasteiger partial charge in [0.05, 0.1) is 11.0 Å². The number of nitrogens with one attached hydrogen (secondary N) is 1. The molecule has 0 bridgehead atoms. The van der Waals surface area contributed by atoms with Gasteiger partial charge in [-0.25, -0.2) is 14.4 Å². The molecule has 0 aliphatic heterocycles. The van der Waals surface area contributed by atoms with E-state index in [1.54, 1.807) is 16.7 Å². The van der Waals surface area contributed by atoms with Crippen molar-refractivity contribution < 1.29 is 9.18 Å². The van der Waals surface area contributed by atoms with Crippen LogP contribution in [0.4, 0.5) is 10.2 Å². The molecular formula is C27H32FN5O. The summed E-state index contributed by atoms with van der Waals surface area (Å²) in [5.74, 6) is 0.416. The fourth-order valence-corrected chi connectivity index (χ4v) is 4.30. The van der Waals surface area contributed by atoms with Gasteiger partial charge < -0.3 is 15.6 Å². The van der Waals surface area contributed by atoms with E-state index in [4.69, 9.17) is 15.7 Å². The van der Waals surface area contributed by atoms with E-state index >= 15 is 0 Å². The summed E-state index contributed by atoms with van der Waals surface area (Å²) in [5, 5.41) is 3.09. The van der Waals surface area contributed by atoms with Gasteiger partial charge in [-0.2, -0.15) is 0 Å². The smallest absolute Gasteiger partial charge is 0.257 e. The van der Waals surface area contributed by atoms with Gasteiger partial charge in [0.25, 0.3) is 5.91 Å². The van der Waals surface area contributed by atoms with Gasteiger partial charge in [0, 0.05) is 12.6 Å². The van der Waals surface area contributed by atoms with Crippen LogP contribution in [0.3, 0.4) is 0 Å². The summed E-state index contributed by atoms with van der Waals surface area (Å²) in [4.78, 5) is 22.9. The van der Waals surface area contributed by atoms with Crippen LogP contribution in [0.25, 0.3) is 22.2 Å². The number of anilines is 1. The summed E-state index contributed by atoms with van der Waals surface area (Å²) in [6.07, 6.45) is 3.48. The summed E-state index contributed by atoms with van der Waals surface area (Å²) in [6, 6.07) is 14.2. The molecule has 2 aromatic carbocycles. The van der Waals surface area contributed by atoms with E-state index in [2.05, 4.69) is 19.2 Å². The van der Waals surface area contributed by atoms with Crippen LogP contribution in [0.15, 0.2) is 48.5 Å². The average Bonchev–Trinajstić information content (AvgIpc) is 3.06. The standard InChI is InChI=1S/C27H32FN5O/c1-17(2)9-8-10-18(3)30-27(34)23-24-26(32-22-14-7-6-13-21(22)31-24)33(25(23)29)16-15-19-11-4-5-12-20(19)28/h4-7,11-14,17-18H,8-10,15-16,29H2,1-3H3,(H,30,34). The van der Waals surface area contributed by atoms with Crippen LogP contribution >= 0.6 is 0 Å². The molecule has 0 saturated heterocycles. The molecule has 4 aromatic rings. The lowest BCUT2D eigenvalue weighted by molar-refractivity contribution is 0.0940. The summed E-state index contributed by atoms with van der Waals surface area (Å²) in [7, 11) is 0. The Balaban J connectivity index is 1.69. The van der Waals surface area contributed by atoms with Gasteiger partial charge in [0.15, 0.2) is 5.65 Å². The highest BCUT2D eigenvalue weighted by Gasteiger charge is 2.25. The molecule has 178 valence electrons. The van der Waals surface area contributed by atoms with Crippen molar-refractivity contribution in [2.45, 2.75) is 59.0 Å². The van der Waals surface area contributed by atoms with Gasteiger partial charge in [-0.1, -0.05) is 57.0 Å². The maximum absolute atomic E-state index is 14.2. The SMILES string of the molecule is CC(C)CCCC(C)NC(=O)c1c(N)n(CCc2ccccc2F)c2nc3ccccc3nc12. The Kier molecular flexibility index (Phi) is 7.10. The van der Waals surface area contributed by atoms with E-state index in [-0.39, 0.29) is 17.8 Å². The number of aryl methyl sites for hydroxylation is 2. The number of carbonyl (C=O) groups excluding carboxylic acids is 1. The van der Waals surface area contributed by atoms with E-state index in [9.17, 15) is 9.18 Å². The number of rotatable bonds is 9. The van der Waals surface area contributed by atoms with E-state index < -0.39 is 0 Å². The van der Waals surface area contributed by atoms with Crippen molar-refractivity contribution in [1.82, 2.24) is 19.9 Å². The molecule has 0 radical (unpaired) electrons. The topological polar surface area (TPSA) is 85.8 Å². The lowest BCUT2D eigenvalue weighted by atomic mass is 10.0. The zero-order chi connectivity index (χ0) is 24.2. The maximum Gasteiger partial charge on any atom is 0.257 e. The molecule has 0 fully saturated rings. The van der Waals surface area contributed by atoms with E-state index in [1.807, 2.05) is 37.3 Å². The molecule has 6 nitrogen and oxygen atoms in total. The van der Waals surface area contributed by atoms with Crippen LogP contribution in [0, 0.1) is 11.7 Å². The Morgan fingerprint density at radius 2 is 1.71 bits per heavy atom. The van der Waals surface area contributed by atoms with Crippen molar-refractivity contribution >= 4 is 33.9 Å². The molecule has 4 rings (SSSR count). The number of carbonyl (C=O) groups is 1. The number of aromatic nitrogens is 3. The van der Waals surface area contributed by atoms with Crippen LogP contribution in [0.5, 0.6) is 0 Å². The summed E-state index contributed by atoms with van der Waals surface area (Å²) < 4.78 is 16.0. The van der Waals surface area contributed by atoms with Crippen LogP contribution in [0.1, 0.15) is 56.0 Å². The second-order valence-corrected chi connectivity index (χ2v) is 9.34. The zero-order valence-corrected chi connectivity index (χ0v) is 20.0. The molecule has 0 saturated carbocycles. The fourth-order valence-electron chi connectivity index (χ4n) is 4.30. The summed E-state index contributed by atoms with van der Waals surface area (Å²) >= 11 is 0. The lowest BCUT2D eigenvalue weighted by Gasteiger charge is -2.14. The predicted octanol–water partition coefficient (Wildman–Crippen LogP) is 5.49. The van der Waals surface area contributed by atoms with E-state index in [0.717, 1.165) is 19.3 Å². The molecule has 0 spiro atoms. The highest BCUT2D eigenvalue weighted by atomic mass is 19.1. The molecule has 0 aliphatic carbocycles. The first-order valence-electron chi connectivity index (χ1n) is 11.9. The van der Waals surface area contributed by atoms with E-state index in [1.165, 1.54) is 6.07 Å². The van der Waals surface area contributed by atoms with Gasteiger partial charge in [-0.3, -0.25) is 4.79 Å². The minimum Gasteiger partial charge on any atom is -0.384 e. The fraction of sp³-hybridized carbons (Fsp3) is 0.370. The van der Waals surface area contributed by atoms with Crippen LogP contribution in [-0.4, -0.2) is 26.5 Å². The first-order chi connectivity index (χ1) is 16.3. The number of nitrogens with two attached hydrogens (primary N) is 1. The number of para-hydroxylation sites is 2. The van der Waals surface area contributed by atoms with Crippen molar-refractivity contribution in [1.29, 1.82) is 0 Å². The highest BCUT2D eigenvalue weighted by molar-refractivity contribution is 6.10. The predicted molar refractivity (Wildman–Crippen MR) is 135 cm³/mol. The van der Waals surface area contributed by atoms with Gasteiger partial charge in [0.2, 0.25) is 0 Å². The normalized spacial score (nSPS) is 12.5. The van der Waals surface area contributed by atoms with Gasteiger partial charge >= 0.3 is 0 Å². The Morgan fingerprint density at radius 1 is 1.03 bits per heavy atom. The molecule has 2 aromatic heterocycles. The number of halogens is 1. The average molecular weight is 462 g/mol. The number of hydrogen-bond acceptors (Lipinski definition) is 4. The molecule has 1 amide bonds. The Bertz CT molecular complexity index is 1310. The molecule has 7 heteroatoms. The quantitative estimate of drug-likeness (QED) is 0.345. The third kappa shape index (κ3) is 5.03. The molecule has 1 unspecified atom stereocenters. The van der Waals surface area contributed by atoms with Crippen molar-refractivity contribution in [3.8, 4) is 0 Å². The van der Waals surface area contributed by atoms with E-state index in [0.29, 0.717) is 58.0 Å². The maximum atomic E-state index is 14.2. The van der Waals surface area contributed by atoms with Gasteiger partial charge in [0.1, 0.15) is 22.7 Å². The van der Waals surface area contributed by atoms with Crippen molar-refractivity contribution in [2.24, 2.45) is 5.92 Å². The minimum atomic E-state index is -0.262. The number of benzene rings is 2. The second-order valence-electron chi connectivity index (χ2n) is 9.34. The van der Waals surface area contributed by atoms with Crippen molar-refractivity contribution in [3.05, 3.63) is 65.5 Å². The number of fused-ring (bicyclic) bond motifs is 2. The van der Waals surface area contributed by atoms with Crippen LogP contribution in [0.2, 0.25) is 0 Å². The highest BCUT2D eigenvalue weighted by Crippen LogP contribution is 2.28. The number of amides is 1. The third-order valence-corrected chi connectivity index (χ3v) is 6.18. The zero-order valence-electron chi connectivity index (χ0n) is 20.0. The number of nitrogen functional groups attached to an aromatic ring is 1. The summed E-state index contributed by atoms with van der Waals surface area (Å²) in [6.45, 7) is 6.78. The molecule has 2 heterocycles. The van der Waals surface area contributed by atoms with Gasteiger partial charge in [-0.05, 0) is 49.4 Å². The minimum absolute atomic E-state index is 0.0101. The number of nitrogens with zero attached hydrogens (tertiary/aromatic N) is 3. The summed E-state index contributed by atoms with van der Waals surface area (Å²) in [5.41, 5.74) is 9.85. The van der Waals surface area contributed by atoms with Crippen molar-refractivity contribution in [2.75, 3.05) is 5.73 Å². The largest absolute Gasteiger partial charge is 0.384 e. The van der Waals surface area contributed by atoms with Crippen LogP contribution < -0.4 is 11.1 Å². The lowest BCUT2D eigenvalue weighted by Crippen LogP contribution is -2.33. The first kappa shape index (κ1) is 23.7. The molecule has 3 N–H and O–H groups in total. The molecule has 0 aliphatic rings. The first-order valence-corrected chi connectivity index (χ1v) is 11.9. The Hall–Kier alpha value is -3.48. The Morgan fingerprint density at radius 3 is 2.41 bits per heavy atom. The number of hydrogen-bond donors (Lipinski definition) is 2. The van der Waals surface area contributed by atoms with Crippen LogP contribution in [-0.2, 0) is 13.0 Å². The van der Waals surface area contributed by atoms with Crippen molar-refractivity contribution in [3.63, 3.8) is 0 Å². The van der Waals surface area contributed by atoms with Gasteiger partial charge in [-0.15, -0.1) is 0 Å². The molecular weight excluding hydrogens is 429 g/mol.